The van der Waals surface area contributed by atoms with E-state index in [0.717, 1.165) is 0 Å². The molecule has 0 amide bonds. The first-order valence-electron chi connectivity index (χ1n) is 6.03. The van der Waals surface area contributed by atoms with Crippen LogP contribution in [0.2, 0.25) is 5.02 Å². The molecule has 0 aliphatic carbocycles. The average Bonchev–Trinajstić information content (AvgIpc) is 2.81. The van der Waals surface area contributed by atoms with Gasteiger partial charge in [-0.05, 0) is 41.9 Å². The molecule has 0 saturated heterocycles. The van der Waals surface area contributed by atoms with Gasteiger partial charge in [-0.25, -0.2) is 13.1 Å². The molecule has 0 spiro atoms. The van der Waals surface area contributed by atoms with Gasteiger partial charge in [0.15, 0.2) is 0 Å². The fourth-order valence-electron chi connectivity index (χ4n) is 1.78. The molecule has 6 nitrogen and oxygen atoms in total. The molecule has 21 heavy (non-hydrogen) atoms. The Morgan fingerprint density at radius 3 is 2.71 bits per heavy atom. The third-order valence-electron chi connectivity index (χ3n) is 2.72. The van der Waals surface area contributed by atoms with Gasteiger partial charge in [0.2, 0.25) is 0 Å². The molecule has 0 saturated carbocycles. The maximum Gasteiger partial charge on any atom is 0.264 e. The van der Waals surface area contributed by atoms with Crippen molar-refractivity contribution < 1.29 is 8.42 Å². The van der Waals surface area contributed by atoms with Crippen molar-refractivity contribution >= 4 is 49.1 Å². The van der Waals surface area contributed by atoms with Gasteiger partial charge >= 0.3 is 0 Å². The van der Waals surface area contributed by atoms with Crippen molar-refractivity contribution in [3.8, 4) is 0 Å². The molecule has 2 rings (SSSR count). The molecule has 0 fully saturated rings. The lowest BCUT2D eigenvalue weighted by Crippen LogP contribution is -2.18. The molecule has 3 N–H and O–H groups in total. The van der Waals surface area contributed by atoms with Crippen LogP contribution in [0.25, 0.3) is 0 Å². The van der Waals surface area contributed by atoms with Gasteiger partial charge in [-0.1, -0.05) is 11.6 Å². The van der Waals surface area contributed by atoms with Crippen LogP contribution in [-0.2, 0) is 10.0 Å². The van der Waals surface area contributed by atoms with E-state index in [9.17, 15) is 8.42 Å². The molecule has 0 aliphatic heterocycles. The van der Waals surface area contributed by atoms with E-state index in [1.165, 1.54) is 18.3 Å². The number of benzene rings is 1. The Hall–Kier alpha value is -1.25. The zero-order valence-electron chi connectivity index (χ0n) is 11.3. The van der Waals surface area contributed by atoms with E-state index >= 15 is 0 Å². The van der Waals surface area contributed by atoms with Crippen molar-refractivity contribution in [3.63, 3.8) is 0 Å². The molecular weight excluding hydrogens is 380 g/mol. The summed E-state index contributed by atoms with van der Waals surface area (Å²) >= 11 is 9.06. The number of aromatic nitrogens is 2. The summed E-state index contributed by atoms with van der Waals surface area (Å²) < 4.78 is 29.3. The zero-order chi connectivity index (χ0) is 15.8. The summed E-state index contributed by atoms with van der Waals surface area (Å²) in [7, 11) is -3.84. The van der Waals surface area contributed by atoms with Crippen LogP contribution in [0.1, 0.15) is 19.9 Å². The van der Waals surface area contributed by atoms with E-state index in [1.54, 1.807) is 10.7 Å². The van der Waals surface area contributed by atoms with Crippen molar-refractivity contribution in [2.45, 2.75) is 24.8 Å². The molecule has 0 aliphatic rings. The normalized spacial score (nSPS) is 11.9. The number of nitrogens with zero attached hydrogens (tertiary/aromatic N) is 2. The second kappa shape index (κ2) is 5.86. The highest BCUT2D eigenvalue weighted by atomic mass is 79.9. The van der Waals surface area contributed by atoms with Gasteiger partial charge in [0, 0.05) is 22.8 Å². The van der Waals surface area contributed by atoms with Gasteiger partial charge in [0.05, 0.1) is 10.7 Å². The zero-order valence-corrected chi connectivity index (χ0v) is 14.5. The molecule has 2 aromatic rings. The molecule has 0 atom stereocenters. The van der Waals surface area contributed by atoms with Gasteiger partial charge in [0.1, 0.15) is 10.7 Å². The van der Waals surface area contributed by atoms with Crippen LogP contribution in [0, 0.1) is 0 Å². The summed E-state index contributed by atoms with van der Waals surface area (Å²) in [6, 6.07) is 4.41. The highest BCUT2D eigenvalue weighted by Gasteiger charge is 2.22. The lowest BCUT2D eigenvalue weighted by molar-refractivity contribution is 0.539. The summed E-state index contributed by atoms with van der Waals surface area (Å²) in [5.74, 6) is 0.371. The molecule has 0 radical (unpaired) electrons. The number of anilines is 2. The van der Waals surface area contributed by atoms with Crippen LogP contribution in [0.5, 0.6) is 0 Å². The first kappa shape index (κ1) is 16.1. The first-order chi connectivity index (χ1) is 9.72. The fraction of sp³-hybridized carbons (Fsp3) is 0.250. The van der Waals surface area contributed by atoms with E-state index < -0.39 is 10.0 Å². The van der Waals surface area contributed by atoms with Gasteiger partial charge in [-0.3, -0.25) is 4.72 Å². The number of hydrogen-bond donors (Lipinski definition) is 2. The van der Waals surface area contributed by atoms with E-state index in [0.29, 0.717) is 5.82 Å². The molecule has 9 heteroatoms. The molecule has 0 unspecified atom stereocenters. The van der Waals surface area contributed by atoms with Crippen molar-refractivity contribution in [2.75, 3.05) is 10.5 Å². The minimum absolute atomic E-state index is 0.0190. The molecule has 114 valence electrons. The van der Waals surface area contributed by atoms with Crippen molar-refractivity contribution in [3.05, 3.63) is 33.9 Å². The second-order valence-electron chi connectivity index (χ2n) is 4.67. The Kier molecular flexibility index (Phi) is 4.50. The molecule has 1 heterocycles. The lowest BCUT2D eigenvalue weighted by Gasteiger charge is -2.14. The van der Waals surface area contributed by atoms with Gasteiger partial charge in [0.25, 0.3) is 10.0 Å². The molecule has 1 aromatic carbocycles. The monoisotopic (exact) mass is 392 g/mol. The van der Waals surface area contributed by atoms with E-state index in [4.69, 9.17) is 17.3 Å². The van der Waals surface area contributed by atoms with E-state index in [-0.39, 0.29) is 26.1 Å². The van der Waals surface area contributed by atoms with E-state index in [2.05, 4.69) is 25.8 Å². The summed E-state index contributed by atoms with van der Waals surface area (Å²) in [5, 5.41) is 4.32. The first-order valence-corrected chi connectivity index (χ1v) is 8.68. The third kappa shape index (κ3) is 3.33. The van der Waals surface area contributed by atoms with E-state index in [1.807, 2.05) is 13.8 Å². The molecule has 0 bridgehead atoms. The predicted octanol–water partition coefficient (Wildman–Crippen LogP) is 3.26. The highest BCUT2D eigenvalue weighted by molar-refractivity contribution is 9.10. The number of nitrogen functional groups attached to an aromatic ring is 1. The van der Waals surface area contributed by atoms with Crippen molar-refractivity contribution in [1.82, 2.24) is 9.78 Å². The number of hydrogen-bond acceptors (Lipinski definition) is 4. The Labute approximate surface area is 136 Å². The number of nitrogens with one attached hydrogen (secondary N) is 1. The summed E-state index contributed by atoms with van der Waals surface area (Å²) in [4.78, 5) is -0.0241. The largest absolute Gasteiger partial charge is 0.398 e. The van der Waals surface area contributed by atoms with Crippen LogP contribution >= 0.6 is 27.5 Å². The third-order valence-corrected chi connectivity index (χ3v) is 5.46. The quantitative estimate of drug-likeness (QED) is 0.780. The van der Waals surface area contributed by atoms with Crippen LogP contribution in [0.4, 0.5) is 11.5 Å². The topological polar surface area (TPSA) is 90.0 Å². The average molecular weight is 394 g/mol. The Balaban J connectivity index is 2.46. The smallest absolute Gasteiger partial charge is 0.264 e. The number of halogens is 2. The van der Waals surface area contributed by atoms with Crippen molar-refractivity contribution in [1.29, 1.82) is 0 Å². The number of rotatable bonds is 4. The minimum Gasteiger partial charge on any atom is -0.398 e. The summed E-state index contributed by atoms with van der Waals surface area (Å²) in [6.07, 6.45) is 1.53. The SMILES string of the molecule is CC(C)n1nccc1NS(=O)(=O)c1cc(Cl)cc(N)c1Br. The Morgan fingerprint density at radius 1 is 1.43 bits per heavy atom. The van der Waals surface area contributed by atoms with Gasteiger partial charge < -0.3 is 5.73 Å². The maximum atomic E-state index is 12.5. The standard InChI is InChI=1S/C12H14BrClN4O2S/c1-7(2)18-11(3-4-16-18)17-21(19,20)10-6-8(14)5-9(15)12(10)13/h3-7,17H,15H2,1-2H3. The lowest BCUT2D eigenvalue weighted by atomic mass is 10.3. The molecule has 1 aromatic heterocycles. The number of sulfonamides is 1. The Bertz CT molecular complexity index is 774. The number of nitrogens with two attached hydrogens (primary N) is 1. The fourth-order valence-corrected chi connectivity index (χ4v) is 4.12. The predicted molar refractivity (Wildman–Crippen MR) is 87.0 cm³/mol. The molecular formula is C12H14BrClN4O2S. The van der Waals surface area contributed by atoms with Crippen LogP contribution in [-0.4, -0.2) is 18.2 Å². The summed E-state index contributed by atoms with van der Waals surface area (Å²) in [6.45, 7) is 3.80. The van der Waals surface area contributed by atoms with Gasteiger partial charge in [-0.2, -0.15) is 5.10 Å². The van der Waals surface area contributed by atoms with Crippen LogP contribution in [0.3, 0.4) is 0 Å². The highest BCUT2D eigenvalue weighted by Crippen LogP contribution is 2.32. The minimum atomic E-state index is -3.84. The van der Waals surface area contributed by atoms with Crippen LogP contribution < -0.4 is 10.5 Å². The summed E-state index contributed by atoms with van der Waals surface area (Å²) in [5.41, 5.74) is 5.98. The maximum absolute atomic E-state index is 12.5. The van der Waals surface area contributed by atoms with Crippen molar-refractivity contribution in [2.24, 2.45) is 0 Å². The second-order valence-corrected chi connectivity index (χ2v) is 7.55. The van der Waals surface area contributed by atoms with Gasteiger partial charge in [-0.15, -0.1) is 0 Å². The Morgan fingerprint density at radius 2 is 2.10 bits per heavy atom. The van der Waals surface area contributed by atoms with Crippen LogP contribution in [0.15, 0.2) is 33.8 Å².